The summed E-state index contributed by atoms with van der Waals surface area (Å²) < 4.78 is 0. The van der Waals surface area contributed by atoms with Gasteiger partial charge in [0.25, 0.3) is 0 Å². The number of aryl methyl sites for hydroxylation is 2. The van der Waals surface area contributed by atoms with Gasteiger partial charge in [-0.1, -0.05) is 175 Å². The van der Waals surface area contributed by atoms with Crippen molar-refractivity contribution >= 4 is 65.8 Å². The third-order valence-electron chi connectivity index (χ3n) is 13.4. The molecule has 64 heavy (non-hydrogen) atoms. The average molecular weight is 825 g/mol. The van der Waals surface area contributed by atoms with Gasteiger partial charge >= 0.3 is 0 Å². The quantitative estimate of drug-likeness (QED) is 0.111. The molecular weight excluding hydrogens is 773 g/mol. The van der Waals surface area contributed by atoms with Gasteiger partial charge < -0.3 is 9.80 Å². The average Bonchev–Trinajstić information content (AvgIpc) is 3.33. The molecule has 2 aliphatic rings. The van der Waals surface area contributed by atoms with Crippen LogP contribution in [0.5, 0.6) is 0 Å². The molecule has 0 aromatic heterocycles. The first-order valence-electron chi connectivity index (χ1n) is 22.8. The van der Waals surface area contributed by atoms with Gasteiger partial charge in [-0.25, -0.2) is 0 Å². The van der Waals surface area contributed by atoms with E-state index in [1.165, 1.54) is 99.1 Å². The summed E-state index contributed by atoms with van der Waals surface area (Å²) in [6.45, 7) is 8.87. The van der Waals surface area contributed by atoms with Gasteiger partial charge in [-0.3, -0.25) is 0 Å². The van der Waals surface area contributed by atoms with E-state index in [0.717, 1.165) is 24.2 Å². The summed E-state index contributed by atoms with van der Waals surface area (Å²) in [5.74, 6) is 0.493. The molecule has 0 heterocycles. The number of hydrogen-bond acceptors (Lipinski definition) is 2. The normalized spacial score (nSPS) is 16.1. The maximum absolute atomic E-state index is 2.66. The molecular formula is C62H52N2. The fourth-order valence-electron chi connectivity index (χ4n) is 9.86. The van der Waals surface area contributed by atoms with Gasteiger partial charge in [-0.05, 0) is 138 Å². The van der Waals surface area contributed by atoms with Gasteiger partial charge in [0.05, 0.1) is 17.4 Å². The third kappa shape index (κ3) is 7.29. The Kier molecular flexibility index (Phi) is 10.1. The molecule has 9 aromatic carbocycles. The highest BCUT2D eigenvalue weighted by atomic mass is 15.2. The number of fused-ring (bicyclic) bond motifs is 4. The van der Waals surface area contributed by atoms with Gasteiger partial charge in [0.1, 0.15) is 0 Å². The first-order chi connectivity index (χ1) is 31.3. The Balaban J connectivity index is 1.28. The van der Waals surface area contributed by atoms with Crippen molar-refractivity contribution in [3.63, 3.8) is 0 Å². The molecule has 2 unspecified atom stereocenters. The third-order valence-corrected chi connectivity index (χ3v) is 13.4. The number of benzene rings is 9. The molecule has 0 amide bonds. The second-order valence-corrected chi connectivity index (χ2v) is 18.0. The van der Waals surface area contributed by atoms with E-state index < -0.39 is 0 Å². The number of nitrogens with zero attached hydrogens (tertiary/aromatic N) is 2. The van der Waals surface area contributed by atoms with Crippen LogP contribution in [0, 0.1) is 19.8 Å². The molecule has 0 N–H and O–H groups in total. The van der Waals surface area contributed by atoms with E-state index in [1.807, 2.05) is 0 Å². The van der Waals surface area contributed by atoms with Crippen LogP contribution in [0.2, 0.25) is 0 Å². The zero-order chi connectivity index (χ0) is 43.3. The molecule has 0 saturated heterocycles. The van der Waals surface area contributed by atoms with E-state index in [1.54, 1.807) is 0 Å². The van der Waals surface area contributed by atoms with Crippen LogP contribution in [0.4, 0.5) is 22.7 Å². The van der Waals surface area contributed by atoms with Crippen LogP contribution in [-0.4, -0.2) is 6.04 Å². The van der Waals surface area contributed by atoms with Gasteiger partial charge in [0, 0.05) is 38.6 Å². The molecule has 0 radical (unpaired) electrons. The largest absolute Gasteiger partial charge is 0.333 e. The van der Waals surface area contributed by atoms with Crippen LogP contribution >= 0.6 is 0 Å². The van der Waals surface area contributed by atoms with Crippen LogP contribution in [0.1, 0.15) is 37.8 Å². The minimum Gasteiger partial charge on any atom is -0.333 e. The maximum Gasteiger partial charge on any atom is 0.0620 e. The summed E-state index contributed by atoms with van der Waals surface area (Å²) in [6, 6.07) is 63.8. The summed E-state index contributed by atoms with van der Waals surface area (Å²) in [7, 11) is 0. The minimum atomic E-state index is 0.125. The molecule has 2 nitrogen and oxygen atoms in total. The first-order valence-corrected chi connectivity index (χ1v) is 22.8. The smallest absolute Gasteiger partial charge is 0.0620 e. The van der Waals surface area contributed by atoms with Crippen LogP contribution < -0.4 is 9.80 Å². The fraction of sp³-hybridized carbons (Fsp3) is 0.129. The van der Waals surface area contributed by atoms with Gasteiger partial charge in [0.15, 0.2) is 0 Å². The van der Waals surface area contributed by atoms with Crippen LogP contribution in [0.3, 0.4) is 0 Å². The summed E-state index contributed by atoms with van der Waals surface area (Å²) >= 11 is 0. The van der Waals surface area contributed by atoms with E-state index >= 15 is 0 Å². The Bertz CT molecular complexity index is 3340. The highest BCUT2D eigenvalue weighted by Gasteiger charge is 2.29. The lowest BCUT2D eigenvalue weighted by Gasteiger charge is -2.38. The second-order valence-electron chi connectivity index (χ2n) is 18.0. The Morgan fingerprint density at radius 3 is 1.44 bits per heavy atom. The van der Waals surface area contributed by atoms with E-state index in [2.05, 4.69) is 244 Å². The van der Waals surface area contributed by atoms with E-state index in [0.29, 0.717) is 5.92 Å². The number of allylic oxidation sites excluding steroid dienone is 5. The van der Waals surface area contributed by atoms with Crippen molar-refractivity contribution in [2.24, 2.45) is 5.92 Å². The van der Waals surface area contributed by atoms with Crippen molar-refractivity contribution < 1.29 is 0 Å². The van der Waals surface area contributed by atoms with E-state index in [4.69, 9.17) is 0 Å². The summed E-state index contributed by atoms with van der Waals surface area (Å²) in [5.41, 5.74) is 14.5. The molecule has 2 aliphatic carbocycles. The van der Waals surface area contributed by atoms with Gasteiger partial charge in [-0.15, -0.1) is 0 Å². The van der Waals surface area contributed by atoms with Crippen molar-refractivity contribution in [3.05, 3.63) is 229 Å². The van der Waals surface area contributed by atoms with Crippen molar-refractivity contribution in [1.29, 1.82) is 0 Å². The predicted octanol–water partition coefficient (Wildman–Crippen LogP) is 17.3. The Labute approximate surface area is 377 Å². The molecule has 0 bridgehead atoms. The number of rotatable bonds is 8. The minimum absolute atomic E-state index is 0.125. The lowest BCUT2D eigenvalue weighted by atomic mass is 9.89. The van der Waals surface area contributed by atoms with Crippen molar-refractivity contribution in [2.75, 3.05) is 9.80 Å². The number of hydrogen-bond donors (Lipinski definition) is 0. The molecule has 0 saturated carbocycles. The Morgan fingerprint density at radius 2 is 0.922 bits per heavy atom. The summed E-state index contributed by atoms with van der Waals surface area (Å²) in [5, 5.41) is 9.84. The van der Waals surface area contributed by atoms with Crippen LogP contribution in [0.15, 0.2) is 218 Å². The maximum atomic E-state index is 2.66. The van der Waals surface area contributed by atoms with E-state index in [-0.39, 0.29) is 6.04 Å². The molecule has 0 aliphatic heterocycles. The molecule has 0 fully saturated rings. The molecule has 2 atom stereocenters. The van der Waals surface area contributed by atoms with Crippen LogP contribution in [-0.2, 0) is 0 Å². The molecule has 0 spiro atoms. The zero-order valence-electron chi connectivity index (χ0n) is 37.1. The van der Waals surface area contributed by atoms with Crippen LogP contribution in [0.25, 0.3) is 65.3 Å². The topological polar surface area (TPSA) is 6.48 Å². The fourth-order valence-corrected chi connectivity index (χ4v) is 9.86. The lowest BCUT2D eigenvalue weighted by molar-refractivity contribution is 0.705. The highest BCUT2D eigenvalue weighted by Crippen LogP contribution is 2.51. The Hall–Kier alpha value is -7.42. The summed E-state index contributed by atoms with van der Waals surface area (Å²) in [4.78, 5) is 5.17. The van der Waals surface area contributed by atoms with Gasteiger partial charge in [-0.2, -0.15) is 0 Å². The van der Waals surface area contributed by atoms with Crippen molar-refractivity contribution in [3.8, 4) is 22.3 Å². The molecule has 310 valence electrons. The summed E-state index contributed by atoms with van der Waals surface area (Å²) in [6.07, 6.45) is 16.3. The standard InChI is InChI=1S/C62H52N2/c1-41-13-27-53(28-14-41)63(54-29-15-42(2)16-30-54)61-57-35-25-52(50-24-22-46-10-6-8-12-48(46)38-50)40-60(57)62(64(55-31-17-43(3)18-32-55)56-33-19-44(4)20-34-56)58-36-26-51(39-59(58)61)49-23-21-45-9-5-7-11-47(45)37-49/h5-19,21-31,33-40,44,55H,20,32H2,1-4H3. The lowest BCUT2D eigenvalue weighted by Crippen LogP contribution is -2.34. The van der Waals surface area contributed by atoms with Gasteiger partial charge in [0.2, 0.25) is 0 Å². The molecule has 2 heteroatoms. The number of anilines is 4. The predicted molar refractivity (Wildman–Crippen MR) is 276 cm³/mol. The second kappa shape index (κ2) is 16.4. The highest BCUT2D eigenvalue weighted by molar-refractivity contribution is 6.23. The SMILES string of the molecule is CC1=CCC(N(C2=CCC(C)C=C2)c2c3ccc(-c4ccc5ccccc5c4)cc3c(N(c3ccc(C)cc3)c3ccc(C)cc3)c3ccc(-c4ccc5ccccc5c4)cc23)C=C1. The Morgan fingerprint density at radius 1 is 0.422 bits per heavy atom. The van der Waals surface area contributed by atoms with E-state index in [9.17, 15) is 0 Å². The molecule has 9 aromatic rings. The monoisotopic (exact) mass is 824 g/mol. The van der Waals surface area contributed by atoms with Crippen molar-refractivity contribution in [2.45, 2.75) is 46.6 Å². The van der Waals surface area contributed by atoms with Crippen molar-refractivity contribution in [1.82, 2.24) is 0 Å². The molecule has 11 rings (SSSR count). The first kappa shape index (κ1) is 39.4. The zero-order valence-corrected chi connectivity index (χ0v) is 37.1.